The van der Waals surface area contributed by atoms with Crippen molar-refractivity contribution in [2.75, 3.05) is 5.32 Å². The number of aryl methyl sites for hydroxylation is 1. The van der Waals surface area contributed by atoms with Crippen molar-refractivity contribution in [3.05, 3.63) is 64.7 Å². The summed E-state index contributed by atoms with van der Waals surface area (Å²) in [4.78, 5) is 17.4. The van der Waals surface area contributed by atoms with Crippen LogP contribution < -0.4 is 5.32 Å². The van der Waals surface area contributed by atoms with Crippen molar-refractivity contribution in [1.29, 1.82) is 0 Å². The van der Waals surface area contributed by atoms with E-state index in [0.29, 0.717) is 11.6 Å². The fourth-order valence-corrected chi connectivity index (χ4v) is 3.11. The fourth-order valence-electron chi connectivity index (χ4n) is 2.15. The number of carbonyl (C=O) groups is 1. The smallest absolute Gasteiger partial charge is 0.275 e. The van der Waals surface area contributed by atoms with Crippen molar-refractivity contribution in [2.24, 2.45) is 0 Å². The molecule has 4 nitrogen and oxygen atoms in total. The van der Waals surface area contributed by atoms with Gasteiger partial charge in [-0.2, -0.15) is 0 Å². The quantitative estimate of drug-likeness (QED) is 0.717. The Bertz CT molecular complexity index is 867. The van der Waals surface area contributed by atoms with Crippen LogP contribution >= 0.6 is 11.3 Å². The van der Waals surface area contributed by atoms with E-state index in [4.69, 9.17) is 0 Å². The maximum absolute atomic E-state index is 13.2. The molecule has 0 aliphatic carbocycles. The second kappa shape index (κ2) is 6.48. The van der Waals surface area contributed by atoms with Gasteiger partial charge in [-0.3, -0.25) is 4.79 Å². The van der Waals surface area contributed by atoms with Crippen LogP contribution in [-0.4, -0.2) is 15.5 Å². The molecule has 0 saturated heterocycles. The zero-order valence-electron chi connectivity index (χ0n) is 12.5. The molecule has 8 heteroatoms. The van der Waals surface area contributed by atoms with Gasteiger partial charge >= 0.3 is 0 Å². The van der Waals surface area contributed by atoms with Gasteiger partial charge in [0.05, 0.1) is 0 Å². The second-order valence-corrected chi connectivity index (χ2v) is 5.98. The Morgan fingerprint density at radius 2 is 1.83 bits per heavy atom. The highest BCUT2D eigenvalue weighted by Crippen LogP contribution is 2.24. The molecule has 1 amide bonds. The molecular weight excluding hydrogens is 339 g/mol. The van der Waals surface area contributed by atoms with Crippen LogP contribution in [0.3, 0.4) is 0 Å². The van der Waals surface area contributed by atoms with Gasteiger partial charge < -0.3 is 9.88 Å². The lowest BCUT2D eigenvalue weighted by Crippen LogP contribution is -2.15. The molecule has 0 spiro atoms. The third-order valence-corrected chi connectivity index (χ3v) is 4.50. The van der Waals surface area contributed by atoms with E-state index in [9.17, 15) is 18.0 Å². The summed E-state index contributed by atoms with van der Waals surface area (Å²) in [5.41, 5.74) is 0.00492. The molecular formula is C16H12F3N3OS. The van der Waals surface area contributed by atoms with Gasteiger partial charge in [0.15, 0.2) is 22.6 Å². The number of halogens is 3. The maximum atomic E-state index is 13.2. The Morgan fingerprint density at radius 1 is 1.21 bits per heavy atom. The van der Waals surface area contributed by atoms with Crippen molar-refractivity contribution >= 4 is 22.9 Å². The highest BCUT2D eigenvalue weighted by Gasteiger charge is 2.19. The van der Waals surface area contributed by atoms with E-state index in [1.54, 1.807) is 17.0 Å². The van der Waals surface area contributed by atoms with Crippen LogP contribution in [0, 0.1) is 17.5 Å². The Kier molecular flexibility index (Phi) is 4.39. The highest BCUT2D eigenvalue weighted by atomic mass is 32.1. The number of nitrogens with one attached hydrogen (secondary N) is 1. The number of carbonyl (C=O) groups excluding carboxylic acids is 1. The summed E-state index contributed by atoms with van der Waals surface area (Å²) < 4.78 is 41.2. The van der Waals surface area contributed by atoms with E-state index in [1.807, 2.05) is 19.1 Å². The molecule has 0 atom stereocenters. The lowest BCUT2D eigenvalue weighted by Gasteiger charge is -2.05. The molecule has 0 aliphatic rings. The van der Waals surface area contributed by atoms with E-state index in [-0.39, 0.29) is 11.4 Å². The number of thiazole rings is 1. The number of amides is 1. The third-order valence-electron chi connectivity index (χ3n) is 3.29. The number of hydrogen-bond acceptors (Lipinski definition) is 3. The Hall–Kier alpha value is -2.61. The van der Waals surface area contributed by atoms with Gasteiger partial charge in [-0.1, -0.05) is 6.92 Å². The van der Waals surface area contributed by atoms with Crippen molar-refractivity contribution < 1.29 is 18.0 Å². The Balaban J connectivity index is 1.90. The summed E-state index contributed by atoms with van der Waals surface area (Å²) in [7, 11) is 0. The van der Waals surface area contributed by atoms with Crippen molar-refractivity contribution in [1.82, 2.24) is 9.55 Å². The van der Waals surface area contributed by atoms with Crippen molar-refractivity contribution in [2.45, 2.75) is 13.3 Å². The zero-order chi connectivity index (χ0) is 17.3. The van der Waals surface area contributed by atoms with E-state index in [2.05, 4.69) is 10.3 Å². The van der Waals surface area contributed by atoms with Crippen LogP contribution in [0.15, 0.2) is 36.7 Å². The average molecular weight is 351 g/mol. The molecule has 3 aromatic rings. The molecule has 124 valence electrons. The summed E-state index contributed by atoms with van der Waals surface area (Å²) in [6, 6.07) is 5.11. The SMILES string of the molecule is CCc1sc(-n2cccc2)nc1C(=O)Nc1cc(F)c(F)c(F)c1. The lowest BCUT2D eigenvalue weighted by atomic mass is 10.2. The number of anilines is 1. The molecule has 1 aromatic carbocycles. The first-order valence-corrected chi connectivity index (χ1v) is 7.90. The van der Waals surface area contributed by atoms with E-state index in [1.165, 1.54) is 11.3 Å². The predicted molar refractivity (Wildman–Crippen MR) is 85.1 cm³/mol. The van der Waals surface area contributed by atoms with Crippen molar-refractivity contribution in [3.63, 3.8) is 0 Å². The summed E-state index contributed by atoms with van der Waals surface area (Å²) in [5, 5.41) is 2.96. The van der Waals surface area contributed by atoms with E-state index in [0.717, 1.165) is 17.0 Å². The molecule has 24 heavy (non-hydrogen) atoms. The van der Waals surface area contributed by atoms with Crippen LogP contribution in [-0.2, 0) is 6.42 Å². The molecule has 0 unspecified atom stereocenters. The number of rotatable bonds is 4. The van der Waals surface area contributed by atoms with E-state index >= 15 is 0 Å². The first kappa shape index (κ1) is 16.3. The van der Waals surface area contributed by atoms with Crippen LogP contribution in [0.25, 0.3) is 5.13 Å². The monoisotopic (exact) mass is 351 g/mol. The zero-order valence-corrected chi connectivity index (χ0v) is 13.3. The topological polar surface area (TPSA) is 46.9 Å². The highest BCUT2D eigenvalue weighted by molar-refractivity contribution is 7.14. The molecule has 0 radical (unpaired) electrons. The summed E-state index contributed by atoms with van der Waals surface area (Å²) in [6.07, 6.45) is 4.17. The number of aromatic nitrogens is 2. The van der Waals surface area contributed by atoms with Gasteiger partial charge in [0, 0.05) is 35.1 Å². The summed E-state index contributed by atoms with van der Waals surface area (Å²) in [6.45, 7) is 1.88. The van der Waals surface area contributed by atoms with Gasteiger partial charge in [0.1, 0.15) is 5.69 Å². The van der Waals surface area contributed by atoms with E-state index < -0.39 is 23.4 Å². The van der Waals surface area contributed by atoms with Gasteiger partial charge in [-0.25, -0.2) is 18.2 Å². The molecule has 2 aromatic heterocycles. The summed E-state index contributed by atoms with van der Waals surface area (Å²) >= 11 is 1.35. The second-order valence-electron chi connectivity index (χ2n) is 4.92. The van der Waals surface area contributed by atoms with Gasteiger partial charge in [-0.15, -0.1) is 11.3 Å². The molecule has 2 heterocycles. The molecule has 3 rings (SSSR count). The minimum atomic E-state index is -1.58. The average Bonchev–Trinajstić information content (AvgIpc) is 3.21. The normalized spacial score (nSPS) is 10.8. The Labute approximate surface area is 139 Å². The van der Waals surface area contributed by atoms with Gasteiger partial charge in [0.25, 0.3) is 5.91 Å². The minimum absolute atomic E-state index is 0.172. The first-order valence-electron chi connectivity index (χ1n) is 7.08. The first-order chi connectivity index (χ1) is 11.5. The fraction of sp³-hybridized carbons (Fsp3) is 0.125. The van der Waals surface area contributed by atoms with Crippen LogP contribution in [0.2, 0.25) is 0 Å². The van der Waals surface area contributed by atoms with Crippen LogP contribution in [0.1, 0.15) is 22.3 Å². The number of hydrogen-bond donors (Lipinski definition) is 1. The molecule has 1 N–H and O–H groups in total. The third kappa shape index (κ3) is 3.05. The maximum Gasteiger partial charge on any atom is 0.275 e. The largest absolute Gasteiger partial charge is 0.320 e. The predicted octanol–water partition coefficient (Wildman–Crippen LogP) is 4.17. The number of nitrogens with zero attached hydrogens (tertiary/aromatic N) is 2. The standard InChI is InChI=1S/C16H12F3N3OS/c1-2-12-14(21-16(24-12)22-5-3-4-6-22)15(23)20-9-7-10(17)13(19)11(18)8-9/h3-8H,2H2,1H3,(H,20,23). The molecule has 0 fully saturated rings. The summed E-state index contributed by atoms with van der Waals surface area (Å²) in [5.74, 6) is -4.92. The molecule has 0 bridgehead atoms. The molecule has 0 saturated carbocycles. The minimum Gasteiger partial charge on any atom is -0.320 e. The molecule has 0 aliphatic heterocycles. The van der Waals surface area contributed by atoms with Crippen LogP contribution in [0.4, 0.5) is 18.9 Å². The lowest BCUT2D eigenvalue weighted by molar-refractivity contribution is 0.102. The van der Waals surface area contributed by atoms with Gasteiger partial charge in [-0.05, 0) is 18.6 Å². The number of benzene rings is 1. The van der Waals surface area contributed by atoms with Crippen LogP contribution in [0.5, 0.6) is 0 Å². The Morgan fingerprint density at radius 3 is 2.42 bits per heavy atom. The van der Waals surface area contributed by atoms with Crippen molar-refractivity contribution in [3.8, 4) is 5.13 Å². The van der Waals surface area contributed by atoms with Gasteiger partial charge in [0.2, 0.25) is 0 Å².